The third-order valence-electron chi connectivity index (χ3n) is 8.21. The zero-order valence-electron chi connectivity index (χ0n) is 21.6. The number of rotatable bonds is 6. The lowest BCUT2D eigenvalue weighted by molar-refractivity contribution is -0.146. The molecule has 14 heteroatoms. The van der Waals surface area contributed by atoms with Gasteiger partial charge in [-0.3, -0.25) is 9.78 Å². The molecule has 2 bridgehead atoms. The monoisotopic (exact) mass is 630 g/mol. The molecule has 2 fully saturated rings. The van der Waals surface area contributed by atoms with Gasteiger partial charge < -0.3 is 15.5 Å². The number of aliphatic hydroxyl groups is 2. The topological polar surface area (TPSA) is 117 Å². The van der Waals surface area contributed by atoms with E-state index in [1.54, 1.807) is 0 Å². The zero-order valence-corrected chi connectivity index (χ0v) is 23.1. The van der Waals surface area contributed by atoms with Crippen LogP contribution in [0.5, 0.6) is 0 Å². The molecule has 1 heterocycles. The molecule has 5 rings (SSSR count). The zero-order chi connectivity index (χ0) is 30.6. The van der Waals surface area contributed by atoms with Gasteiger partial charge in [0, 0.05) is 23.5 Å². The Bertz CT molecular complexity index is 1620. The van der Waals surface area contributed by atoms with Crippen molar-refractivity contribution in [1.82, 2.24) is 4.98 Å². The predicted octanol–water partition coefficient (Wildman–Crippen LogP) is 5.71. The highest BCUT2D eigenvalue weighted by Gasteiger charge is 2.59. The number of fused-ring (bicyclic) bond motifs is 2. The lowest BCUT2D eigenvalue weighted by Crippen LogP contribution is -2.52. The van der Waals surface area contributed by atoms with Gasteiger partial charge >= 0.3 is 6.18 Å². The van der Waals surface area contributed by atoms with Crippen molar-refractivity contribution in [1.29, 1.82) is 0 Å². The van der Waals surface area contributed by atoms with Gasteiger partial charge in [0.2, 0.25) is 0 Å². The van der Waals surface area contributed by atoms with Crippen molar-refractivity contribution in [2.45, 2.75) is 53.7 Å². The molecule has 1 amide bonds. The summed E-state index contributed by atoms with van der Waals surface area (Å²) >= 11 is 6.24. The minimum Gasteiger partial charge on any atom is -0.386 e. The van der Waals surface area contributed by atoms with Crippen LogP contribution in [0.3, 0.4) is 0 Å². The Balaban J connectivity index is 1.37. The van der Waals surface area contributed by atoms with Gasteiger partial charge in [-0.2, -0.15) is 13.2 Å². The number of sulfone groups is 1. The van der Waals surface area contributed by atoms with Gasteiger partial charge in [0.15, 0.2) is 21.5 Å². The number of carbonyl (C=O) groups is 1. The van der Waals surface area contributed by atoms with E-state index in [9.17, 15) is 45.4 Å². The number of anilines is 1. The second-order valence-electron chi connectivity index (χ2n) is 10.6. The molecule has 0 aliphatic heterocycles. The van der Waals surface area contributed by atoms with Crippen LogP contribution in [0.25, 0.3) is 0 Å². The number of aliphatic hydroxyl groups excluding tert-OH is 1. The number of halogens is 6. The number of hydrogen-bond acceptors (Lipinski definition) is 6. The first-order valence-electron chi connectivity index (χ1n) is 12.9. The highest BCUT2D eigenvalue weighted by Crippen LogP contribution is 2.56. The van der Waals surface area contributed by atoms with Gasteiger partial charge in [0.1, 0.15) is 11.7 Å². The summed E-state index contributed by atoms with van der Waals surface area (Å²) in [5.41, 5.74) is -3.15. The Morgan fingerprint density at radius 1 is 1.02 bits per heavy atom. The summed E-state index contributed by atoms with van der Waals surface area (Å²) in [6.45, 7) is 0. The Morgan fingerprint density at radius 2 is 1.69 bits per heavy atom. The molecule has 3 aromatic rings. The van der Waals surface area contributed by atoms with Crippen molar-refractivity contribution in [2.24, 2.45) is 11.8 Å². The first kappa shape index (κ1) is 30.3. The SMILES string of the molecule is O=C(Nc1ccc(F)c(F)c1)c1ccc(Cl)c(S(=O)(=O)C2C[C@H]3CC[C@@H](C2)C3(O)C(O)c2ccc(C(F)(F)F)cn2)c1. The van der Waals surface area contributed by atoms with E-state index in [0.717, 1.165) is 36.4 Å². The molecule has 2 saturated carbocycles. The number of amides is 1. The van der Waals surface area contributed by atoms with Crippen LogP contribution in [-0.2, 0) is 16.0 Å². The molecule has 2 aliphatic carbocycles. The standard InChI is InChI=1S/C28H24ClF5N2O5S/c29-20-6-1-14(26(38)36-18-5-7-21(30)22(31)12-18)9-24(20)42(40,41)19-10-15-2-3-16(11-19)27(15,39)25(37)23-8-4-17(13-35-23)28(32,33)34/h1,4-9,12-13,15-16,19,25,37,39H,2-3,10-11H2,(H,36,38)/t15-,16+,19?,25?,27?. The highest BCUT2D eigenvalue weighted by atomic mass is 35.5. The molecule has 42 heavy (non-hydrogen) atoms. The molecular weight excluding hydrogens is 607 g/mol. The van der Waals surface area contributed by atoms with E-state index in [2.05, 4.69) is 10.3 Å². The van der Waals surface area contributed by atoms with Crippen LogP contribution < -0.4 is 5.32 Å². The summed E-state index contributed by atoms with van der Waals surface area (Å²) in [6, 6.07) is 8.05. The molecule has 7 nitrogen and oxygen atoms in total. The van der Waals surface area contributed by atoms with Crippen LogP contribution in [0.15, 0.2) is 59.6 Å². The van der Waals surface area contributed by atoms with Crippen LogP contribution in [0, 0.1) is 23.5 Å². The van der Waals surface area contributed by atoms with Gasteiger partial charge in [-0.1, -0.05) is 11.6 Å². The van der Waals surface area contributed by atoms with Crippen molar-refractivity contribution in [3.8, 4) is 0 Å². The van der Waals surface area contributed by atoms with E-state index in [1.807, 2.05) is 0 Å². The number of nitrogens with one attached hydrogen (secondary N) is 1. The molecule has 1 aromatic heterocycles. The number of aromatic nitrogens is 1. The van der Waals surface area contributed by atoms with E-state index in [0.29, 0.717) is 19.0 Å². The fourth-order valence-electron chi connectivity index (χ4n) is 6.03. The molecule has 0 spiro atoms. The van der Waals surface area contributed by atoms with E-state index in [4.69, 9.17) is 11.6 Å². The summed E-state index contributed by atoms with van der Waals surface area (Å²) < 4.78 is 93.1. The second kappa shape index (κ2) is 10.9. The van der Waals surface area contributed by atoms with Crippen LogP contribution in [-0.4, -0.2) is 40.4 Å². The van der Waals surface area contributed by atoms with Gasteiger partial charge in [0.05, 0.1) is 26.4 Å². The van der Waals surface area contributed by atoms with Crippen molar-refractivity contribution < 1.29 is 45.4 Å². The van der Waals surface area contributed by atoms with Crippen molar-refractivity contribution in [2.75, 3.05) is 5.32 Å². The summed E-state index contributed by atoms with van der Waals surface area (Å²) in [5.74, 6) is -4.51. The number of hydrogen-bond donors (Lipinski definition) is 3. The van der Waals surface area contributed by atoms with Crippen LogP contribution in [0.4, 0.5) is 27.6 Å². The van der Waals surface area contributed by atoms with Gasteiger partial charge in [-0.15, -0.1) is 0 Å². The number of pyridine rings is 1. The fourth-order valence-corrected chi connectivity index (χ4v) is 8.43. The quantitative estimate of drug-likeness (QED) is 0.301. The number of alkyl halides is 3. The average molecular weight is 631 g/mol. The molecule has 0 saturated heterocycles. The number of benzene rings is 2. The smallest absolute Gasteiger partial charge is 0.386 e. The second-order valence-corrected chi connectivity index (χ2v) is 13.2. The third kappa shape index (κ3) is 5.38. The molecule has 2 aliphatic rings. The molecule has 3 N–H and O–H groups in total. The maximum Gasteiger partial charge on any atom is 0.417 e. The molecule has 0 radical (unpaired) electrons. The van der Waals surface area contributed by atoms with Crippen molar-refractivity contribution >= 4 is 33.0 Å². The maximum absolute atomic E-state index is 13.8. The highest BCUT2D eigenvalue weighted by molar-refractivity contribution is 7.92. The summed E-state index contributed by atoms with van der Waals surface area (Å²) in [5, 5.41) is 23.8. The summed E-state index contributed by atoms with van der Waals surface area (Å²) in [4.78, 5) is 16.1. The first-order valence-corrected chi connectivity index (χ1v) is 14.8. The summed E-state index contributed by atoms with van der Waals surface area (Å²) in [6.07, 6.45) is -5.12. The van der Waals surface area contributed by atoms with Crippen LogP contribution in [0.1, 0.15) is 53.4 Å². The first-order chi connectivity index (χ1) is 19.6. The van der Waals surface area contributed by atoms with Gasteiger partial charge in [-0.05, 0) is 80.0 Å². The lowest BCUT2D eigenvalue weighted by Gasteiger charge is -2.45. The molecule has 3 unspecified atom stereocenters. The number of carbonyl (C=O) groups excluding carboxylic acids is 1. The average Bonchev–Trinajstić information content (AvgIpc) is 3.10. The molecule has 5 atom stereocenters. The number of nitrogens with zero attached hydrogens (tertiary/aromatic N) is 1. The molecule has 2 aromatic carbocycles. The minimum absolute atomic E-state index is 0.0532. The Morgan fingerprint density at radius 3 is 2.26 bits per heavy atom. The minimum atomic E-state index is -4.63. The van der Waals surface area contributed by atoms with E-state index in [1.165, 1.54) is 12.1 Å². The van der Waals surface area contributed by atoms with Crippen molar-refractivity contribution in [3.63, 3.8) is 0 Å². The Kier molecular flexibility index (Phi) is 7.84. The molecule has 224 valence electrons. The lowest BCUT2D eigenvalue weighted by atomic mass is 9.70. The third-order valence-corrected chi connectivity index (χ3v) is 10.9. The largest absolute Gasteiger partial charge is 0.417 e. The van der Waals surface area contributed by atoms with Crippen LogP contribution >= 0.6 is 11.6 Å². The molecular formula is C28H24ClF5N2O5S. The van der Waals surface area contributed by atoms with Gasteiger partial charge in [0.25, 0.3) is 5.91 Å². The normalized spacial score (nSPS) is 24.8. The van der Waals surface area contributed by atoms with E-state index < -0.39 is 67.9 Å². The Labute approximate surface area is 242 Å². The fraction of sp³-hybridized carbons (Fsp3) is 0.357. The summed E-state index contributed by atoms with van der Waals surface area (Å²) in [7, 11) is -4.18. The van der Waals surface area contributed by atoms with Crippen LogP contribution in [0.2, 0.25) is 5.02 Å². The van der Waals surface area contributed by atoms with Gasteiger partial charge in [-0.25, -0.2) is 17.2 Å². The maximum atomic E-state index is 13.8. The van der Waals surface area contributed by atoms with E-state index in [-0.39, 0.29) is 39.7 Å². The van der Waals surface area contributed by atoms with Crippen molar-refractivity contribution in [3.05, 3.63) is 88.2 Å². The Hall–Kier alpha value is -3.13. The van der Waals surface area contributed by atoms with E-state index >= 15 is 0 Å². The predicted molar refractivity (Wildman–Crippen MR) is 141 cm³/mol.